The van der Waals surface area contributed by atoms with Gasteiger partial charge in [-0.25, -0.2) is 0 Å². The highest BCUT2D eigenvalue weighted by atomic mass is 16.3. The van der Waals surface area contributed by atoms with Gasteiger partial charge in [-0.2, -0.15) is 0 Å². The fourth-order valence-corrected chi connectivity index (χ4v) is 1.39. The van der Waals surface area contributed by atoms with Crippen molar-refractivity contribution in [1.29, 1.82) is 0 Å². The lowest BCUT2D eigenvalue weighted by atomic mass is 9.75. The summed E-state index contributed by atoms with van der Waals surface area (Å²) in [5.74, 6) is -0.837. The number of hydrogen-bond donors (Lipinski definition) is 1. The van der Waals surface area contributed by atoms with E-state index in [9.17, 15) is 9.59 Å². The van der Waals surface area contributed by atoms with Gasteiger partial charge in [-0.3, -0.25) is 9.59 Å². The van der Waals surface area contributed by atoms with Gasteiger partial charge in [-0.05, 0) is 6.92 Å². The minimum Gasteiger partial charge on any atom is -0.504 e. The van der Waals surface area contributed by atoms with E-state index in [1.165, 1.54) is 6.92 Å². The molecular weight excluding hydrogens is 168 g/mol. The quantitative estimate of drug-likeness (QED) is 0.626. The molecule has 0 aliphatic heterocycles. The fourth-order valence-electron chi connectivity index (χ4n) is 1.39. The monoisotopic (exact) mass is 184 g/mol. The Morgan fingerprint density at radius 3 is 2.23 bits per heavy atom. The molecule has 0 aromatic heterocycles. The molecule has 0 heterocycles. The molecule has 3 heteroatoms. The van der Waals surface area contributed by atoms with Gasteiger partial charge in [0.2, 0.25) is 0 Å². The minimum atomic E-state index is -0.645. The SMILES string of the molecule is C.CC1=C(O)C(=O)CC(C)(C)C1=O. The van der Waals surface area contributed by atoms with Crippen LogP contribution in [0.2, 0.25) is 0 Å². The van der Waals surface area contributed by atoms with Crippen molar-refractivity contribution in [1.82, 2.24) is 0 Å². The van der Waals surface area contributed by atoms with Crippen molar-refractivity contribution in [3.05, 3.63) is 11.3 Å². The van der Waals surface area contributed by atoms with Crippen LogP contribution in [0.5, 0.6) is 0 Å². The third-order valence-corrected chi connectivity index (χ3v) is 2.18. The summed E-state index contributed by atoms with van der Waals surface area (Å²) in [6.45, 7) is 4.91. The fraction of sp³-hybridized carbons (Fsp3) is 0.600. The van der Waals surface area contributed by atoms with Gasteiger partial charge in [0.15, 0.2) is 17.3 Å². The zero-order chi connectivity index (χ0) is 9.52. The lowest BCUT2D eigenvalue weighted by Crippen LogP contribution is -2.34. The van der Waals surface area contributed by atoms with E-state index in [-0.39, 0.29) is 36.7 Å². The first-order chi connectivity index (χ1) is 5.36. The molecule has 0 amide bonds. The predicted octanol–water partition coefficient (Wildman–Crippen LogP) is 2.02. The smallest absolute Gasteiger partial charge is 0.198 e. The Morgan fingerprint density at radius 2 is 1.77 bits per heavy atom. The van der Waals surface area contributed by atoms with Crippen molar-refractivity contribution < 1.29 is 14.7 Å². The summed E-state index contributed by atoms with van der Waals surface area (Å²) in [4.78, 5) is 22.5. The Balaban J connectivity index is 0.00000144. The van der Waals surface area contributed by atoms with Crippen LogP contribution in [0.25, 0.3) is 0 Å². The van der Waals surface area contributed by atoms with Crippen LogP contribution in [0, 0.1) is 5.41 Å². The Hall–Kier alpha value is -1.12. The molecule has 0 aromatic carbocycles. The summed E-state index contributed by atoms with van der Waals surface area (Å²) in [7, 11) is 0. The number of Topliss-reactive ketones (excluding diaryl/α,β-unsaturated/α-hetero) is 2. The summed E-state index contributed by atoms with van der Waals surface area (Å²) >= 11 is 0. The van der Waals surface area contributed by atoms with Gasteiger partial charge in [-0.15, -0.1) is 0 Å². The van der Waals surface area contributed by atoms with Gasteiger partial charge in [0, 0.05) is 17.4 Å². The van der Waals surface area contributed by atoms with E-state index in [2.05, 4.69) is 0 Å². The standard InChI is InChI=1S/C9H12O3.CH4/c1-5-7(11)6(10)4-9(2,3)8(5)12;/h11H,4H2,1-3H3;1H4. The maximum absolute atomic E-state index is 11.4. The number of aliphatic hydroxyl groups is 1. The molecule has 0 saturated carbocycles. The molecule has 0 spiro atoms. The number of carbonyl (C=O) groups is 2. The predicted molar refractivity (Wildman–Crippen MR) is 50.5 cm³/mol. The van der Waals surface area contributed by atoms with E-state index in [0.29, 0.717) is 0 Å². The highest BCUT2D eigenvalue weighted by molar-refractivity contribution is 6.12. The molecule has 0 unspecified atom stereocenters. The van der Waals surface area contributed by atoms with Crippen LogP contribution in [0.1, 0.15) is 34.6 Å². The molecule has 1 aliphatic rings. The van der Waals surface area contributed by atoms with Crippen LogP contribution in [-0.4, -0.2) is 16.7 Å². The van der Waals surface area contributed by atoms with Gasteiger partial charge in [0.05, 0.1) is 0 Å². The van der Waals surface area contributed by atoms with E-state index >= 15 is 0 Å². The largest absolute Gasteiger partial charge is 0.504 e. The topological polar surface area (TPSA) is 54.4 Å². The van der Waals surface area contributed by atoms with E-state index in [1.54, 1.807) is 13.8 Å². The summed E-state index contributed by atoms with van der Waals surface area (Å²) < 4.78 is 0. The van der Waals surface area contributed by atoms with Crippen LogP contribution in [0.3, 0.4) is 0 Å². The number of aliphatic hydroxyl groups excluding tert-OH is 1. The maximum Gasteiger partial charge on any atom is 0.198 e. The first kappa shape index (κ1) is 11.9. The second-order valence-corrected chi connectivity index (χ2v) is 3.79. The molecule has 13 heavy (non-hydrogen) atoms. The lowest BCUT2D eigenvalue weighted by molar-refractivity contribution is -0.131. The number of allylic oxidation sites excluding steroid dienone is 2. The molecule has 74 valence electrons. The van der Waals surface area contributed by atoms with Crippen molar-refractivity contribution in [2.24, 2.45) is 5.41 Å². The van der Waals surface area contributed by atoms with Gasteiger partial charge in [0.1, 0.15) is 0 Å². The molecule has 0 bridgehead atoms. The number of carbonyl (C=O) groups excluding carboxylic acids is 2. The van der Waals surface area contributed by atoms with Crippen LogP contribution in [0.15, 0.2) is 11.3 Å². The van der Waals surface area contributed by atoms with E-state index in [0.717, 1.165) is 0 Å². The third-order valence-electron chi connectivity index (χ3n) is 2.18. The number of hydrogen-bond acceptors (Lipinski definition) is 3. The second-order valence-electron chi connectivity index (χ2n) is 3.79. The molecule has 0 fully saturated rings. The molecule has 0 saturated heterocycles. The van der Waals surface area contributed by atoms with Crippen LogP contribution in [0.4, 0.5) is 0 Å². The molecule has 0 atom stereocenters. The molecular formula is C10H16O3. The average Bonchev–Trinajstić information content (AvgIpc) is 1.97. The van der Waals surface area contributed by atoms with Gasteiger partial charge in [-0.1, -0.05) is 21.3 Å². The van der Waals surface area contributed by atoms with E-state index in [1.807, 2.05) is 0 Å². The van der Waals surface area contributed by atoms with Gasteiger partial charge in [0.25, 0.3) is 0 Å². The molecule has 1 N–H and O–H groups in total. The van der Waals surface area contributed by atoms with Crippen molar-refractivity contribution in [3.8, 4) is 0 Å². The van der Waals surface area contributed by atoms with Crippen molar-refractivity contribution in [2.45, 2.75) is 34.6 Å². The first-order valence-electron chi connectivity index (χ1n) is 3.84. The summed E-state index contributed by atoms with van der Waals surface area (Å²) in [5.41, 5.74) is -0.454. The Labute approximate surface area is 78.5 Å². The highest BCUT2D eigenvalue weighted by Crippen LogP contribution is 2.32. The average molecular weight is 184 g/mol. The van der Waals surface area contributed by atoms with Crippen molar-refractivity contribution in [3.63, 3.8) is 0 Å². The molecule has 1 aliphatic carbocycles. The summed E-state index contributed by atoms with van der Waals surface area (Å²) in [6.07, 6.45) is 0.106. The van der Waals surface area contributed by atoms with Gasteiger partial charge >= 0.3 is 0 Å². The van der Waals surface area contributed by atoms with Crippen LogP contribution < -0.4 is 0 Å². The molecule has 1 rings (SSSR count). The van der Waals surface area contributed by atoms with Crippen molar-refractivity contribution >= 4 is 11.6 Å². The summed E-state index contributed by atoms with van der Waals surface area (Å²) in [5, 5.41) is 9.16. The lowest BCUT2D eigenvalue weighted by Gasteiger charge is -2.26. The first-order valence-corrected chi connectivity index (χ1v) is 3.84. The summed E-state index contributed by atoms with van der Waals surface area (Å²) in [6, 6.07) is 0. The molecule has 0 aromatic rings. The Bertz CT molecular complexity index is 285. The second kappa shape index (κ2) is 3.32. The number of rotatable bonds is 0. The van der Waals surface area contributed by atoms with Crippen LogP contribution >= 0.6 is 0 Å². The number of ketones is 2. The zero-order valence-electron chi connectivity index (χ0n) is 7.47. The zero-order valence-corrected chi connectivity index (χ0v) is 7.47. The Kier molecular flexibility index (Phi) is 3.04. The normalized spacial score (nSPS) is 21.5. The van der Waals surface area contributed by atoms with E-state index < -0.39 is 5.41 Å². The minimum absolute atomic E-state index is 0. The molecule has 0 radical (unpaired) electrons. The van der Waals surface area contributed by atoms with E-state index in [4.69, 9.17) is 5.11 Å². The van der Waals surface area contributed by atoms with Crippen LogP contribution in [-0.2, 0) is 9.59 Å². The Morgan fingerprint density at radius 1 is 1.31 bits per heavy atom. The third kappa shape index (κ3) is 1.79. The van der Waals surface area contributed by atoms with Gasteiger partial charge < -0.3 is 5.11 Å². The maximum atomic E-state index is 11.4. The highest BCUT2D eigenvalue weighted by Gasteiger charge is 2.38. The van der Waals surface area contributed by atoms with Crippen molar-refractivity contribution in [2.75, 3.05) is 0 Å². The molecule has 3 nitrogen and oxygen atoms in total.